The molecule has 8 nitrogen and oxygen atoms in total. The lowest BCUT2D eigenvalue weighted by Crippen LogP contribution is -2.36. The van der Waals surface area contributed by atoms with Crippen LogP contribution in [0.15, 0.2) is 59.5 Å². The van der Waals surface area contributed by atoms with Gasteiger partial charge in [-0.3, -0.25) is 19.3 Å². The van der Waals surface area contributed by atoms with E-state index in [1.165, 1.54) is 0 Å². The van der Waals surface area contributed by atoms with Gasteiger partial charge in [0.15, 0.2) is 0 Å². The van der Waals surface area contributed by atoms with Gasteiger partial charge in [0.1, 0.15) is 18.0 Å². The van der Waals surface area contributed by atoms with Crippen LogP contribution >= 0.6 is 11.8 Å². The number of ether oxygens (including phenoxy) is 2. The Morgan fingerprint density at radius 1 is 1.03 bits per heavy atom. The standard InChI is InChI=1S/C27H27N3O5S/c1-5-35-23-12-8-21(9-13-23)30-17(2)14-19(18(30)3)15-24-26(32)29(27(33)36-24)16-25(31)28-20-6-10-22(34-4)11-7-20/h6-15H,5,16H2,1-4H3,(H,28,31)/b24-15+. The van der Waals surface area contributed by atoms with Gasteiger partial charge in [0.25, 0.3) is 11.1 Å². The minimum Gasteiger partial charge on any atom is -0.497 e. The fourth-order valence-corrected chi connectivity index (χ4v) is 4.81. The third-order valence-corrected chi connectivity index (χ3v) is 6.62. The van der Waals surface area contributed by atoms with Gasteiger partial charge in [0.05, 0.1) is 18.6 Å². The predicted molar refractivity (Wildman–Crippen MR) is 141 cm³/mol. The number of amides is 3. The largest absolute Gasteiger partial charge is 0.497 e. The number of carbonyl (C=O) groups is 3. The molecule has 1 fully saturated rings. The molecule has 186 valence electrons. The van der Waals surface area contributed by atoms with E-state index in [-0.39, 0.29) is 11.4 Å². The normalized spacial score (nSPS) is 14.4. The Morgan fingerprint density at radius 3 is 2.33 bits per heavy atom. The van der Waals surface area contributed by atoms with Gasteiger partial charge in [0, 0.05) is 22.8 Å². The van der Waals surface area contributed by atoms with E-state index >= 15 is 0 Å². The fourth-order valence-electron chi connectivity index (χ4n) is 3.99. The number of aryl methyl sites for hydroxylation is 1. The molecule has 0 bridgehead atoms. The molecule has 2 heterocycles. The summed E-state index contributed by atoms with van der Waals surface area (Å²) in [6.45, 7) is 6.12. The lowest BCUT2D eigenvalue weighted by Gasteiger charge is -2.12. The first-order valence-electron chi connectivity index (χ1n) is 11.4. The van der Waals surface area contributed by atoms with Crippen LogP contribution in [0.2, 0.25) is 0 Å². The number of aromatic nitrogens is 1. The Morgan fingerprint density at radius 2 is 1.69 bits per heavy atom. The second kappa shape index (κ2) is 10.7. The van der Waals surface area contributed by atoms with Gasteiger partial charge >= 0.3 is 0 Å². The Bertz CT molecular complexity index is 1330. The zero-order valence-corrected chi connectivity index (χ0v) is 21.3. The van der Waals surface area contributed by atoms with Crippen molar-refractivity contribution in [2.45, 2.75) is 20.8 Å². The maximum absolute atomic E-state index is 13.0. The highest BCUT2D eigenvalue weighted by Gasteiger charge is 2.36. The number of thioether (sulfide) groups is 1. The van der Waals surface area contributed by atoms with Gasteiger partial charge in [-0.15, -0.1) is 0 Å². The minimum atomic E-state index is -0.485. The third kappa shape index (κ3) is 5.31. The van der Waals surface area contributed by atoms with E-state index in [4.69, 9.17) is 9.47 Å². The van der Waals surface area contributed by atoms with Crippen LogP contribution in [0, 0.1) is 13.8 Å². The number of nitrogens with zero attached hydrogens (tertiary/aromatic N) is 2. The average molecular weight is 506 g/mol. The Kier molecular flexibility index (Phi) is 7.49. The first kappa shape index (κ1) is 25.1. The van der Waals surface area contributed by atoms with E-state index in [0.717, 1.165) is 45.1 Å². The van der Waals surface area contributed by atoms with Crippen molar-refractivity contribution in [3.63, 3.8) is 0 Å². The highest BCUT2D eigenvalue weighted by molar-refractivity contribution is 8.18. The topological polar surface area (TPSA) is 89.9 Å². The maximum atomic E-state index is 13.0. The van der Waals surface area contributed by atoms with E-state index in [9.17, 15) is 14.4 Å². The highest BCUT2D eigenvalue weighted by atomic mass is 32.2. The van der Waals surface area contributed by atoms with Crippen molar-refractivity contribution < 1.29 is 23.9 Å². The summed E-state index contributed by atoms with van der Waals surface area (Å²) in [6.07, 6.45) is 1.71. The number of hydrogen-bond donors (Lipinski definition) is 1. The fraction of sp³-hybridized carbons (Fsp3) is 0.222. The van der Waals surface area contributed by atoms with Crippen LogP contribution in [0.25, 0.3) is 11.8 Å². The molecule has 9 heteroatoms. The molecular formula is C27H27N3O5S. The zero-order valence-electron chi connectivity index (χ0n) is 20.5. The number of benzene rings is 2. The molecule has 3 amide bonds. The second-order valence-electron chi connectivity index (χ2n) is 8.13. The molecular weight excluding hydrogens is 478 g/mol. The van der Waals surface area contributed by atoms with Crippen LogP contribution in [-0.2, 0) is 9.59 Å². The van der Waals surface area contributed by atoms with Crippen LogP contribution in [-0.4, -0.2) is 46.8 Å². The van der Waals surface area contributed by atoms with E-state index < -0.39 is 17.1 Å². The Balaban J connectivity index is 1.49. The summed E-state index contributed by atoms with van der Waals surface area (Å²) < 4.78 is 12.7. The first-order valence-corrected chi connectivity index (χ1v) is 12.2. The number of rotatable bonds is 8. The summed E-state index contributed by atoms with van der Waals surface area (Å²) in [5.74, 6) is 0.512. The number of imide groups is 1. The molecule has 1 aliphatic rings. The van der Waals surface area contributed by atoms with Gasteiger partial charge < -0.3 is 19.4 Å². The van der Waals surface area contributed by atoms with Crippen molar-refractivity contribution in [1.82, 2.24) is 9.47 Å². The van der Waals surface area contributed by atoms with Crippen LogP contribution in [0.3, 0.4) is 0 Å². The van der Waals surface area contributed by atoms with Gasteiger partial charge in [-0.2, -0.15) is 0 Å². The summed E-state index contributed by atoms with van der Waals surface area (Å²) >= 11 is 0.833. The summed E-state index contributed by atoms with van der Waals surface area (Å²) in [6, 6.07) is 16.5. The molecule has 2 aromatic carbocycles. The van der Waals surface area contributed by atoms with Crippen molar-refractivity contribution in [2.24, 2.45) is 0 Å². The molecule has 0 unspecified atom stereocenters. The summed E-state index contributed by atoms with van der Waals surface area (Å²) in [7, 11) is 1.55. The quantitative estimate of drug-likeness (QED) is 0.425. The summed E-state index contributed by atoms with van der Waals surface area (Å²) in [5.41, 5.74) is 4.26. The van der Waals surface area contributed by atoms with Crippen LogP contribution in [0.4, 0.5) is 10.5 Å². The molecule has 0 aliphatic carbocycles. The van der Waals surface area contributed by atoms with Crippen molar-refractivity contribution in [1.29, 1.82) is 0 Å². The van der Waals surface area contributed by atoms with E-state index in [0.29, 0.717) is 18.0 Å². The Hall–Kier alpha value is -3.98. The third-order valence-electron chi connectivity index (χ3n) is 5.71. The molecule has 1 N–H and O–H groups in total. The number of anilines is 1. The molecule has 1 saturated heterocycles. The van der Waals surface area contributed by atoms with E-state index in [2.05, 4.69) is 9.88 Å². The molecule has 0 radical (unpaired) electrons. The van der Waals surface area contributed by atoms with Crippen LogP contribution < -0.4 is 14.8 Å². The monoisotopic (exact) mass is 505 g/mol. The zero-order chi connectivity index (χ0) is 25.8. The number of carbonyl (C=O) groups excluding carboxylic acids is 3. The SMILES string of the molecule is CCOc1ccc(-n2c(C)cc(/C=C3/SC(=O)N(CC(=O)Nc4ccc(OC)cc4)C3=O)c2C)cc1. The van der Waals surface area contributed by atoms with Crippen molar-refractivity contribution in [3.05, 3.63) is 76.5 Å². The van der Waals surface area contributed by atoms with Gasteiger partial charge in [-0.25, -0.2) is 0 Å². The molecule has 0 spiro atoms. The number of hydrogen-bond acceptors (Lipinski definition) is 6. The van der Waals surface area contributed by atoms with Crippen LogP contribution in [0.5, 0.6) is 11.5 Å². The smallest absolute Gasteiger partial charge is 0.294 e. The summed E-state index contributed by atoms with van der Waals surface area (Å²) in [5, 5.41) is 2.22. The predicted octanol–water partition coefficient (Wildman–Crippen LogP) is 5.18. The molecule has 0 atom stereocenters. The highest BCUT2D eigenvalue weighted by Crippen LogP contribution is 2.34. The molecule has 36 heavy (non-hydrogen) atoms. The minimum absolute atomic E-state index is 0.282. The molecule has 1 aliphatic heterocycles. The summed E-state index contributed by atoms with van der Waals surface area (Å²) in [4.78, 5) is 39.2. The number of methoxy groups -OCH3 is 1. The van der Waals surface area contributed by atoms with Gasteiger partial charge in [-0.1, -0.05) is 0 Å². The average Bonchev–Trinajstić information content (AvgIpc) is 3.29. The Labute approximate surface area is 213 Å². The molecule has 0 saturated carbocycles. The first-order chi connectivity index (χ1) is 17.3. The molecule has 1 aromatic heterocycles. The van der Waals surface area contributed by atoms with Crippen molar-refractivity contribution in [3.8, 4) is 17.2 Å². The van der Waals surface area contributed by atoms with Gasteiger partial charge in [0.2, 0.25) is 5.91 Å². The number of nitrogens with one attached hydrogen (secondary N) is 1. The van der Waals surface area contributed by atoms with Gasteiger partial charge in [-0.05, 0) is 98.8 Å². The van der Waals surface area contributed by atoms with E-state index in [1.54, 1.807) is 37.5 Å². The maximum Gasteiger partial charge on any atom is 0.294 e. The molecule has 4 rings (SSSR count). The lowest BCUT2D eigenvalue weighted by molar-refractivity contribution is -0.127. The second-order valence-corrected chi connectivity index (χ2v) is 9.13. The molecule has 3 aromatic rings. The van der Waals surface area contributed by atoms with Crippen molar-refractivity contribution >= 4 is 40.6 Å². The van der Waals surface area contributed by atoms with Crippen molar-refractivity contribution in [2.75, 3.05) is 25.6 Å². The lowest BCUT2D eigenvalue weighted by atomic mass is 10.2. The van der Waals surface area contributed by atoms with Crippen LogP contribution in [0.1, 0.15) is 23.9 Å². The van der Waals surface area contributed by atoms with E-state index in [1.807, 2.05) is 51.1 Å².